The number of hydrogen-bond acceptors (Lipinski definition) is 4. The second-order valence-corrected chi connectivity index (χ2v) is 8.73. The van der Waals surface area contributed by atoms with Gasteiger partial charge in [-0.1, -0.05) is 17.7 Å². The maximum absolute atomic E-state index is 13.0. The third kappa shape index (κ3) is 7.15. The molecule has 2 N–H and O–H groups in total. The number of nitrogens with one attached hydrogen (secondary N) is 2. The molecule has 1 aliphatic rings. The van der Waals surface area contributed by atoms with Gasteiger partial charge in [-0.3, -0.25) is 14.5 Å². The van der Waals surface area contributed by atoms with E-state index in [1.807, 2.05) is 0 Å². The lowest BCUT2D eigenvalue weighted by molar-refractivity contribution is -0.123. The van der Waals surface area contributed by atoms with E-state index in [2.05, 4.69) is 46.7 Å². The lowest BCUT2D eigenvalue weighted by atomic mass is 9.96. The predicted octanol–water partition coefficient (Wildman–Crippen LogP) is 3.69. The second-order valence-electron chi connectivity index (χ2n) is 7.56. The highest BCUT2D eigenvalue weighted by Gasteiger charge is 2.25. The molecule has 5 nitrogen and oxygen atoms in total. The Morgan fingerprint density at radius 2 is 1.73 bits per heavy atom. The Labute approximate surface area is 181 Å². The molecule has 0 atom stereocenters. The van der Waals surface area contributed by atoms with Crippen LogP contribution in [0.15, 0.2) is 53.4 Å². The fourth-order valence-electron chi connectivity index (χ4n) is 3.38. The first kappa shape index (κ1) is 22.3. The minimum Gasteiger partial charge on any atom is -0.354 e. The molecule has 0 saturated carbocycles. The Morgan fingerprint density at radius 1 is 1.07 bits per heavy atom. The number of likely N-dealkylation sites (tertiary alicyclic amines) is 1. The Hall–Kier alpha value is -2.38. The van der Waals surface area contributed by atoms with Crippen molar-refractivity contribution in [1.82, 2.24) is 10.2 Å². The van der Waals surface area contributed by atoms with E-state index in [4.69, 9.17) is 0 Å². The van der Waals surface area contributed by atoms with E-state index in [1.165, 1.54) is 22.6 Å². The summed E-state index contributed by atoms with van der Waals surface area (Å²) in [6.07, 6.45) is 1.42. The first-order chi connectivity index (χ1) is 14.5. The molecule has 2 amide bonds. The quantitative estimate of drug-likeness (QED) is 0.496. The number of aryl methyl sites for hydroxylation is 1. The van der Waals surface area contributed by atoms with E-state index in [0.29, 0.717) is 44.7 Å². The van der Waals surface area contributed by atoms with Crippen LogP contribution in [-0.4, -0.2) is 48.6 Å². The van der Waals surface area contributed by atoms with Crippen LogP contribution in [-0.2, 0) is 9.59 Å². The van der Waals surface area contributed by atoms with Crippen LogP contribution in [0.2, 0.25) is 0 Å². The highest BCUT2D eigenvalue weighted by atomic mass is 32.2. The summed E-state index contributed by atoms with van der Waals surface area (Å²) >= 11 is 1.73. The number of piperidine rings is 1. The standard InChI is InChI=1S/C23H28FN3O2S/c1-17-2-8-21(9-3-17)30-15-12-25-22(28)16-27-13-10-18(11-14-27)23(29)26-20-6-4-19(24)5-7-20/h2-9,18H,10-16H2,1H3,(H,25,28)(H,26,29). The van der Waals surface area contributed by atoms with E-state index >= 15 is 0 Å². The number of hydrogen-bond donors (Lipinski definition) is 2. The zero-order valence-electron chi connectivity index (χ0n) is 17.2. The van der Waals surface area contributed by atoms with Crippen LogP contribution in [0.4, 0.5) is 10.1 Å². The lowest BCUT2D eigenvalue weighted by Gasteiger charge is -2.30. The Morgan fingerprint density at radius 3 is 2.40 bits per heavy atom. The molecule has 160 valence electrons. The molecule has 3 rings (SSSR count). The van der Waals surface area contributed by atoms with Crippen LogP contribution in [0.5, 0.6) is 0 Å². The number of amides is 2. The summed E-state index contributed by atoms with van der Waals surface area (Å²) in [6, 6.07) is 14.1. The summed E-state index contributed by atoms with van der Waals surface area (Å²) in [7, 11) is 0. The normalized spacial score (nSPS) is 15.0. The van der Waals surface area contributed by atoms with Crippen molar-refractivity contribution in [2.24, 2.45) is 5.92 Å². The summed E-state index contributed by atoms with van der Waals surface area (Å²) in [5.74, 6) is 0.404. The van der Waals surface area contributed by atoms with Crippen molar-refractivity contribution in [3.8, 4) is 0 Å². The zero-order chi connectivity index (χ0) is 21.3. The number of rotatable bonds is 8. The average molecular weight is 430 g/mol. The highest BCUT2D eigenvalue weighted by molar-refractivity contribution is 7.99. The van der Waals surface area contributed by atoms with Crippen molar-refractivity contribution in [3.05, 3.63) is 59.9 Å². The van der Waals surface area contributed by atoms with E-state index in [-0.39, 0.29) is 23.5 Å². The van der Waals surface area contributed by atoms with Crippen LogP contribution in [0.25, 0.3) is 0 Å². The molecule has 2 aromatic rings. The van der Waals surface area contributed by atoms with Gasteiger partial charge < -0.3 is 10.6 Å². The SMILES string of the molecule is Cc1ccc(SCCNC(=O)CN2CCC(C(=O)Nc3ccc(F)cc3)CC2)cc1. The zero-order valence-corrected chi connectivity index (χ0v) is 18.0. The Kier molecular flexibility index (Phi) is 8.28. The molecule has 2 aromatic carbocycles. The smallest absolute Gasteiger partial charge is 0.234 e. The molecule has 0 aliphatic carbocycles. The van der Waals surface area contributed by atoms with Crippen molar-refractivity contribution >= 4 is 29.3 Å². The van der Waals surface area contributed by atoms with Crippen LogP contribution in [0.3, 0.4) is 0 Å². The van der Waals surface area contributed by atoms with Gasteiger partial charge in [0.15, 0.2) is 0 Å². The number of anilines is 1. The number of benzene rings is 2. The van der Waals surface area contributed by atoms with Crippen molar-refractivity contribution in [1.29, 1.82) is 0 Å². The molecule has 0 spiro atoms. The summed E-state index contributed by atoms with van der Waals surface area (Å²) in [5, 5.41) is 5.81. The van der Waals surface area contributed by atoms with Crippen molar-refractivity contribution in [3.63, 3.8) is 0 Å². The highest BCUT2D eigenvalue weighted by Crippen LogP contribution is 2.20. The van der Waals surface area contributed by atoms with Gasteiger partial charge in [-0.2, -0.15) is 0 Å². The number of nitrogens with zero attached hydrogens (tertiary/aromatic N) is 1. The summed E-state index contributed by atoms with van der Waals surface area (Å²) in [6.45, 7) is 4.49. The second kappa shape index (κ2) is 11.1. The third-order valence-electron chi connectivity index (χ3n) is 5.15. The topological polar surface area (TPSA) is 61.4 Å². The number of carbonyl (C=O) groups excluding carboxylic acids is 2. The first-order valence-electron chi connectivity index (χ1n) is 10.2. The third-order valence-corrected chi connectivity index (χ3v) is 6.17. The number of halogens is 1. The van der Waals surface area contributed by atoms with Gasteiger partial charge in [0.25, 0.3) is 0 Å². The fourth-order valence-corrected chi connectivity index (χ4v) is 4.15. The molecular formula is C23H28FN3O2S. The molecule has 0 unspecified atom stereocenters. The Bertz CT molecular complexity index is 835. The van der Waals surface area contributed by atoms with E-state index < -0.39 is 0 Å². The summed E-state index contributed by atoms with van der Waals surface area (Å²) < 4.78 is 13.0. The van der Waals surface area contributed by atoms with Crippen molar-refractivity contribution in [2.45, 2.75) is 24.7 Å². The molecule has 1 fully saturated rings. The molecule has 0 radical (unpaired) electrons. The Balaban J connectivity index is 1.30. The van der Waals surface area contributed by atoms with Gasteiger partial charge in [0.05, 0.1) is 6.54 Å². The van der Waals surface area contributed by atoms with Gasteiger partial charge in [-0.15, -0.1) is 11.8 Å². The van der Waals surface area contributed by atoms with Gasteiger partial charge in [0, 0.05) is 28.8 Å². The fraction of sp³-hybridized carbons (Fsp3) is 0.391. The molecule has 7 heteroatoms. The van der Waals surface area contributed by atoms with Gasteiger partial charge in [-0.05, 0) is 69.3 Å². The molecule has 1 heterocycles. The van der Waals surface area contributed by atoms with Gasteiger partial charge in [-0.25, -0.2) is 4.39 Å². The minimum atomic E-state index is -0.326. The van der Waals surface area contributed by atoms with Crippen LogP contribution in [0.1, 0.15) is 18.4 Å². The van der Waals surface area contributed by atoms with Gasteiger partial charge >= 0.3 is 0 Å². The maximum atomic E-state index is 13.0. The molecule has 30 heavy (non-hydrogen) atoms. The molecule has 0 bridgehead atoms. The van der Waals surface area contributed by atoms with E-state index in [0.717, 1.165) is 5.75 Å². The largest absolute Gasteiger partial charge is 0.354 e. The summed E-state index contributed by atoms with van der Waals surface area (Å²) in [4.78, 5) is 27.9. The van der Waals surface area contributed by atoms with Gasteiger partial charge in [0.2, 0.25) is 11.8 Å². The van der Waals surface area contributed by atoms with Crippen LogP contribution >= 0.6 is 11.8 Å². The van der Waals surface area contributed by atoms with Crippen LogP contribution < -0.4 is 10.6 Å². The predicted molar refractivity (Wildman–Crippen MR) is 119 cm³/mol. The molecule has 0 aromatic heterocycles. The lowest BCUT2D eigenvalue weighted by Crippen LogP contribution is -2.43. The van der Waals surface area contributed by atoms with Crippen molar-refractivity contribution in [2.75, 3.05) is 37.2 Å². The number of thioether (sulfide) groups is 1. The summed E-state index contributed by atoms with van der Waals surface area (Å²) in [5.41, 5.74) is 1.84. The van der Waals surface area contributed by atoms with Crippen molar-refractivity contribution < 1.29 is 14.0 Å². The minimum absolute atomic E-state index is 0.0220. The van der Waals surface area contributed by atoms with Crippen LogP contribution in [0, 0.1) is 18.7 Å². The monoisotopic (exact) mass is 429 g/mol. The maximum Gasteiger partial charge on any atom is 0.234 e. The van der Waals surface area contributed by atoms with Gasteiger partial charge in [0.1, 0.15) is 5.82 Å². The van der Waals surface area contributed by atoms with E-state index in [9.17, 15) is 14.0 Å². The first-order valence-corrected chi connectivity index (χ1v) is 11.2. The molecule has 1 aliphatic heterocycles. The molecular weight excluding hydrogens is 401 g/mol. The average Bonchev–Trinajstić information content (AvgIpc) is 2.74. The van der Waals surface area contributed by atoms with E-state index in [1.54, 1.807) is 23.9 Å². The molecule has 1 saturated heterocycles. The number of carbonyl (C=O) groups is 2.